The molecule has 2 rings (SSSR count). The fourth-order valence-corrected chi connectivity index (χ4v) is 2.80. The van der Waals surface area contributed by atoms with Crippen molar-refractivity contribution in [1.29, 1.82) is 0 Å². The number of nitrogens with two attached hydrogens (primary N) is 1. The third-order valence-corrected chi connectivity index (χ3v) is 4.09. The summed E-state index contributed by atoms with van der Waals surface area (Å²) >= 11 is 3.51. The van der Waals surface area contributed by atoms with Crippen molar-refractivity contribution in [3.05, 3.63) is 69.7 Å². The van der Waals surface area contributed by atoms with Gasteiger partial charge in [-0.25, -0.2) is 0 Å². The quantitative estimate of drug-likeness (QED) is 0.871. The van der Waals surface area contributed by atoms with Gasteiger partial charge in [0, 0.05) is 10.0 Å². The SMILES string of the molecule is C[C@@H](NC(=O)c1ccc(CCN)cc1)c1ccccc1Br. The lowest BCUT2D eigenvalue weighted by Crippen LogP contribution is -2.26. The van der Waals surface area contributed by atoms with Gasteiger partial charge in [0.05, 0.1) is 6.04 Å². The van der Waals surface area contributed by atoms with Crippen LogP contribution in [0.4, 0.5) is 0 Å². The second-order valence-corrected chi connectivity index (χ2v) is 5.81. The minimum Gasteiger partial charge on any atom is -0.345 e. The largest absolute Gasteiger partial charge is 0.345 e. The van der Waals surface area contributed by atoms with Gasteiger partial charge in [0.15, 0.2) is 0 Å². The third kappa shape index (κ3) is 4.16. The molecule has 0 aliphatic heterocycles. The summed E-state index contributed by atoms with van der Waals surface area (Å²) < 4.78 is 0.996. The Kier molecular flexibility index (Phi) is 5.53. The van der Waals surface area contributed by atoms with Crippen molar-refractivity contribution in [2.45, 2.75) is 19.4 Å². The highest BCUT2D eigenvalue weighted by atomic mass is 79.9. The zero-order chi connectivity index (χ0) is 15.2. The Hall–Kier alpha value is -1.65. The molecule has 1 atom stereocenters. The van der Waals surface area contributed by atoms with Gasteiger partial charge in [0.25, 0.3) is 5.91 Å². The van der Waals surface area contributed by atoms with Gasteiger partial charge >= 0.3 is 0 Å². The highest BCUT2D eigenvalue weighted by Gasteiger charge is 2.13. The first-order valence-electron chi connectivity index (χ1n) is 6.96. The molecule has 0 saturated heterocycles. The molecule has 0 fully saturated rings. The Balaban J connectivity index is 2.05. The van der Waals surface area contributed by atoms with E-state index in [1.165, 1.54) is 0 Å². The van der Waals surface area contributed by atoms with Crippen molar-refractivity contribution in [3.63, 3.8) is 0 Å². The summed E-state index contributed by atoms with van der Waals surface area (Å²) in [6.45, 7) is 2.59. The highest BCUT2D eigenvalue weighted by Crippen LogP contribution is 2.23. The van der Waals surface area contributed by atoms with Gasteiger partial charge in [-0.3, -0.25) is 4.79 Å². The maximum absolute atomic E-state index is 12.3. The predicted octanol–water partition coefficient (Wildman–Crippen LogP) is 3.44. The number of carbonyl (C=O) groups is 1. The highest BCUT2D eigenvalue weighted by molar-refractivity contribution is 9.10. The Morgan fingerprint density at radius 2 is 1.86 bits per heavy atom. The first kappa shape index (κ1) is 15.7. The summed E-state index contributed by atoms with van der Waals surface area (Å²) in [6, 6.07) is 15.4. The van der Waals surface area contributed by atoms with Crippen LogP contribution >= 0.6 is 15.9 Å². The molecule has 0 bridgehead atoms. The molecule has 4 heteroatoms. The average molecular weight is 347 g/mol. The molecule has 0 saturated carbocycles. The molecule has 0 unspecified atom stereocenters. The number of rotatable bonds is 5. The fraction of sp³-hybridized carbons (Fsp3) is 0.235. The number of amides is 1. The van der Waals surface area contributed by atoms with E-state index in [0.717, 1.165) is 22.0 Å². The van der Waals surface area contributed by atoms with E-state index in [-0.39, 0.29) is 11.9 Å². The molecule has 3 nitrogen and oxygen atoms in total. The summed E-state index contributed by atoms with van der Waals surface area (Å²) in [6.07, 6.45) is 0.829. The van der Waals surface area contributed by atoms with Crippen LogP contribution in [0.3, 0.4) is 0 Å². The van der Waals surface area contributed by atoms with Crippen molar-refractivity contribution in [2.24, 2.45) is 5.73 Å². The summed E-state index contributed by atoms with van der Waals surface area (Å²) in [5.74, 6) is -0.0717. The minimum absolute atomic E-state index is 0.0585. The summed E-state index contributed by atoms with van der Waals surface area (Å²) in [4.78, 5) is 12.3. The molecule has 0 heterocycles. The summed E-state index contributed by atoms with van der Waals surface area (Å²) in [5.41, 5.74) is 8.39. The molecule has 0 aliphatic rings. The number of hydrogen-bond donors (Lipinski definition) is 2. The Bertz CT molecular complexity index is 610. The smallest absolute Gasteiger partial charge is 0.251 e. The van der Waals surface area contributed by atoms with Crippen LogP contribution in [-0.2, 0) is 6.42 Å². The van der Waals surface area contributed by atoms with E-state index in [1.54, 1.807) is 0 Å². The van der Waals surface area contributed by atoms with Crippen LogP contribution < -0.4 is 11.1 Å². The van der Waals surface area contributed by atoms with Crippen LogP contribution in [0.25, 0.3) is 0 Å². The van der Waals surface area contributed by atoms with Crippen molar-refractivity contribution in [1.82, 2.24) is 5.32 Å². The van der Waals surface area contributed by atoms with Crippen LogP contribution in [0.5, 0.6) is 0 Å². The van der Waals surface area contributed by atoms with Gasteiger partial charge in [-0.15, -0.1) is 0 Å². The van der Waals surface area contributed by atoms with Gasteiger partial charge in [0.2, 0.25) is 0 Å². The van der Waals surface area contributed by atoms with Crippen LogP contribution in [0, 0.1) is 0 Å². The van der Waals surface area contributed by atoms with Gasteiger partial charge in [-0.05, 0) is 49.2 Å². The van der Waals surface area contributed by atoms with Crippen LogP contribution in [0.2, 0.25) is 0 Å². The van der Waals surface area contributed by atoms with E-state index in [2.05, 4.69) is 21.2 Å². The van der Waals surface area contributed by atoms with Crippen molar-refractivity contribution >= 4 is 21.8 Å². The number of benzene rings is 2. The van der Waals surface area contributed by atoms with E-state index in [9.17, 15) is 4.79 Å². The van der Waals surface area contributed by atoms with E-state index in [4.69, 9.17) is 5.73 Å². The number of halogens is 1. The molecular weight excluding hydrogens is 328 g/mol. The molecule has 110 valence electrons. The van der Waals surface area contributed by atoms with Crippen molar-refractivity contribution in [3.8, 4) is 0 Å². The Morgan fingerprint density at radius 3 is 2.48 bits per heavy atom. The molecule has 2 aromatic rings. The monoisotopic (exact) mass is 346 g/mol. The van der Waals surface area contributed by atoms with E-state index in [0.29, 0.717) is 12.1 Å². The zero-order valence-electron chi connectivity index (χ0n) is 12.0. The molecule has 0 spiro atoms. The van der Waals surface area contributed by atoms with Gasteiger partial charge in [-0.2, -0.15) is 0 Å². The lowest BCUT2D eigenvalue weighted by atomic mass is 10.1. The summed E-state index contributed by atoms with van der Waals surface area (Å²) in [7, 11) is 0. The molecule has 21 heavy (non-hydrogen) atoms. The van der Waals surface area contributed by atoms with Gasteiger partial charge in [-0.1, -0.05) is 46.3 Å². The minimum atomic E-state index is -0.0717. The van der Waals surface area contributed by atoms with Crippen LogP contribution in [0.15, 0.2) is 53.0 Å². The third-order valence-electron chi connectivity index (χ3n) is 3.37. The Morgan fingerprint density at radius 1 is 1.19 bits per heavy atom. The maximum atomic E-state index is 12.3. The van der Waals surface area contributed by atoms with Gasteiger partial charge < -0.3 is 11.1 Å². The van der Waals surface area contributed by atoms with Crippen LogP contribution in [0.1, 0.15) is 34.5 Å². The number of hydrogen-bond acceptors (Lipinski definition) is 2. The van der Waals surface area contributed by atoms with Crippen molar-refractivity contribution < 1.29 is 4.79 Å². The average Bonchev–Trinajstić information content (AvgIpc) is 2.48. The predicted molar refractivity (Wildman–Crippen MR) is 89.2 cm³/mol. The molecule has 2 aromatic carbocycles. The van der Waals surface area contributed by atoms with Crippen LogP contribution in [-0.4, -0.2) is 12.5 Å². The normalized spacial score (nSPS) is 12.0. The van der Waals surface area contributed by atoms with Crippen molar-refractivity contribution in [2.75, 3.05) is 6.54 Å². The maximum Gasteiger partial charge on any atom is 0.251 e. The molecule has 0 aromatic heterocycles. The van der Waals surface area contributed by atoms with E-state index < -0.39 is 0 Å². The van der Waals surface area contributed by atoms with Gasteiger partial charge in [0.1, 0.15) is 0 Å². The second-order valence-electron chi connectivity index (χ2n) is 4.95. The first-order valence-corrected chi connectivity index (χ1v) is 7.75. The molecule has 0 radical (unpaired) electrons. The standard InChI is InChI=1S/C17H19BrN2O/c1-12(15-4-2-3-5-16(15)18)20-17(21)14-8-6-13(7-9-14)10-11-19/h2-9,12H,10-11,19H2,1H3,(H,20,21)/t12-/m1/s1. The fourth-order valence-electron chi connectivity index (χ4n) is 2.17. The first-order chi connectivity index (χ1) is 10.1. The molecule has 3 N–H and O–H groups in total. The second kappa shape index (κ2) is 7.38. The lowest BCUT2D eigenvalue weighted by Gasteiger charge is -2.16. The van der Waals surface area contributed by atoms with E-state index in [1.807, 2.05) is 55.5 Å². The summed E-state index contributed by atoms with van der Waals surface area (Å²) in [5, 5.41) is 3.01. The zero-order valence-corrected chi connectivity index (χ0v) is 13.6. The Labute approximate surface area is 133 Å². The topological polar surface area (TPSA) is 55.1 Å². The molecule has 0 aliphatic carbocycles. The number of nitrogens with one attached hydrogen (secondary N) is 1. The number of carbonyl (C=O) groups excluding carboxylic acids is 1. The lowest BCUT2D eigenvalue weighted by molar-refractivity contribution is 0.0940. The van der Waals surface area contributed by atoms with E-state index >= 15 is 0 Å². The molecular formula is C17H19BrN2O. The molecule has 1 amide bonds.